The summed E-state index contributed by atoms with van der Waals surface area (Å²) in [4.78, 5) is 12.1. The molecule has 0 bridgehead atoms. The minimum absolute atomic E-state index is 0.0959. The van der Waals surface area contributed by atoms with E-state index in [1.54, 1.807) is 0 Å². The summed E-state index contributed by atoms with van der Waals surface area (Å²) in [6.07, 6.45) is 5.13. The second kappa shape index (κ2) is 7.74. The molecule has 0 aliphatic carbocycles. The van der Waals surface area contributed by atoms with Crippen LogP contribution in [-0.2, 0) is 9.53 Å². The molecule has 4 nitrogen and oxygen atoms in total. The second-order valence-corrected chi connectivity index (χ2v) is 5.33. The Morgan fingerprint density at radius 1 is 1.28 bits per heavy atom. The van der Waals surface area contributed by atoms with Gasteiger partial charge < -0.3 is 15.2 Å². The minimum Gasteiger partial charge on any atom is -0.388 e. The zero-order chi connectivity index (χ0) is 13.4. The van der Waals surface area contributed by atoms with E-state index in [4.69, 9.17) is 4.74 Å². The molecule has 1 saturated heterocycles. The molecule has 4 heteroatoms. The minimum atomic E-state index is -0.767. The molecule has 0 aromatic heterocycles. The number of aliphatic hydroxyl groups is 1. The van der Waals surface area contributed by atoms with Gasteiger partial charge in [0.25, 0.3) is 0 Å². The van der Waals surface area contributed by atoms with Crippen LogP contribution in [0.2, 0.25) is 0 Å². The fourth-order valence-electron chi connectivity index (χ4n) is 2.43. The predicted octanol–water partition coefficient (Wildman–Crippen LogP) is 1.86. The van der Waals surface area contributed by atoms with E-state index in [0.717, 1.165) is 25.7 Å². The molecule has 18 heavy (non-hydrogen) atoms. The number of hydrogen-bond donors (Lipinski definition) is 2. The van der Waals surface area contributed by atoms with Crippen molar-refractivity contribution in [2.45, 2.75) is 58.0 Å². The predicted molar refractivity (Wildman–Crippen MR) is 71.3 cm³/mol. The van der Waals surface area contributed by atoms with E-state index < -0.39 is 5.60 Å². The van der Waals surface area contributed by atoms with E-state index in [2.05, 4.69) is 19.2 Å². The maximum absolute atomic E-state index is 12.1. The van der Waals surface area contributed by atoms with Crippen LogP contribution in [-0.4, -0.2) is 36.4 Å². The lowest BCUT2D eigenvalue weighted by atomic mass is 9.93. The van der Waals surface area contributed by atoms with Gasteiger partial charge in [0.05, 0.1) is 5.60 Å². The Hall–Kier alpha value is -0.610. The van der Waals surface area contributed by atoms with E-state index in [1.165, 1.54) is 0 Å². The largest absolute Gasteiger partial charge is 0.388 e. The summed E-state index contributed by atoms with van der Waals surface area (Å²) in [6.45, 7) is 5.72. The standard InChI is InChI=1S/C14H27NO3/c1-3-5-12(6-4-2)13(16)15-11-14(17)7-9-18-10-8-14/h12,17H,3-11H2,1-2H3,(H,15,16). The third kappa shape index (κ3) is 4.94. The second-order valence-electron chi connectivity index (χ2n) is 5.33. The van der Waals surface area contributed by atoms with Crippen LogP contribution >= 0.6 is 0 Å². The monoisotopic (exact) mass is 257 g/mol. The van der Waals surface area contributed by atoms with E-state index in [-0.39, 0.29) is 11.8 Å². The molecule has 0 spiro atoms. The zero-order valence-corrected chi connectivity index (χ0v) is 11.7. The summed E-state index contributed by atoms with van der Waals surface area (Å²) in [6, 6.07) is 0. The van der Waals surface area contributed by atoms with Gasteiger partial charge in [-0.25, -0.2) is 0 Å². The molecule has 0 aromatic rings. The van der Waals surface area contributed by atoms with E-state index >= 15 is 0 Å². The lowest BCUT2D eigenvalue weighted by Gasteiger charge is -2.32. The molecule has 1 fully saturated rings. The van der Waals surface area contributed by atoms with Crippen molar-refractivity contribution in [3.63, 3.8) is 0 Å². The summed E-state index contributed by atoms with van der Waals surface area (Å²) < 4.78 is 5.22. The van der Waals surface area contributed by atoms with Crippen LogP contribution in [0.4, 0.5) is 0 Å². The molecule has 0 aromatic carbocycles. The van der Waals surface area contributed by atoms with Crippen LogP contribution in [0.25, 0.3) is 0 Å². The van der Waals surface area contributed by atoms with Crippen LogP contribution in [0.5, 0.6) is 0 Å². The first-order chi connectivity index (χ1) is 8.61. The van der Waals surface area contributed by atoms with Gasteiger partial charge in [-0.3, -0.25) is 4.79 Å². The number of carbonyl (C=O) groups excluding carboxylic acids is 1. The summed E-state index contributed by atoms with van der Waals surface area (Å²) in [5, 5.41) is 13.2. The Kier molecular flexibility index (Phi) is 6.65. The summed E-state index contributed by atoms with van der Waals surface area (Å²) in [5.74, 6) is 0.196. The smallest absolute Gasteiger partial charge is 0.223 e. The number of rotatable bonds is 7. The quantitative estimate of drug-likeness (QED) is 0.732. The molecule has 2 N–H and O–H groups in total. The van der Waals surface area contributed by atoms with Crippen LogP contribution in [0, 0.1) is 5.92 Å². The molecular weight excluding hydrogens is 230 g/mol. The molecule has 0 radical (unpaired) electrons. The highest BCUT2D eigenvalue weighted by atomic mass is 16.5. The highest BCUT2D eigenvalue weighted by Gasteiger charge is 2.30. The SMILES string of the molecule is CCCC(CCC)C(=O)NCC1(O)CCOCC1. The topological polar surface area (TPSA) is 58.6 Å². The third-order valence-corrected chi connectivity index (χ3v) is 3.66. The molecule has 1 amide bonds. The maximum atomic E-state index is 12.1. The molecule has 106 valence electrons. The lowest BCUT2D eigenvalue weighted by molar-refractivity contribution is -0.128. The first-order valence-electron chi connectivity index (χ1n) is 7.19. The Morgan fingerprint density at radius 3 is 2.33 bits per heavy atom. The third-order valence-electron chi connectivity index (χ3n) is 3.66. The van der Waals surface area contributed by atoms with Crippen LogP contribution in [0.1, 0.15) is 52.4 Å². The van der Waals surface area contributed by atoms with Gasteiger partial charge in [-0.2, -0.15) is 0 Å². The van der Waals surface area contributed by atoms with E-state index in [0.29, 0.717) is 32.6 Å². The van der Waals surface area contributed by atoms with Gasteiger partial charge in [0, 0.05) is 38.5 Å². The van der Waals surface area contributed by atoms with Gasteiger partial charge in [0.15, 0.2) is 0 Å². The van der Waals surface area contributed by atoms with Crippen molar-refractivity contribution < 1.29 is 14.6 Å². The van der Waals surface area contributed by atoms with Gasteiger partial charge in [-0.1, -0.05) is 26.7 Å². The number of nitrogens with one attached hydrogen (secondary N) is 1. The summed E-state index contributed by atoms with van der Waals surface area (Å²) in [5.41, 5.74) is -0.767. The summed E-state index contributed by atoms with van der Waals surface area (Å²) >= 11 is 0. The van der Waals surface area contributed by atoms with Crippen molar-refractivity contribution >= 4 is 5.91 Å². The molecule has 1 aliphatic rings. The lowest BCUT2D eigenvalue weighted by Crippen LogP contribution is -2.47. The number of amides is 1. The van der Waals surface area contributed by atoms with Gasteiger partial charge in [0.2, 0.25) is 5.91 Å². The number of carbonyl (C=O) groups is 1. The zero-order valence-electron chi connectivity index (χ0n) is 11.7. The average molecular weight is 257 g/mol. The Balaban J connectivity index is 2.37. The molecule has 1 heterocycles. The summed E-state index contributed by atoms with van der Waals surface area (Å²) in [7, 11) is 0. The van der Waals surface area contributed by atoms with Crippen LogP contribution < -0.4 is 5.32 Å². The van der Waals surface area contributed by atoms with Gasteiger partial charge in [0.1, 0.15) is 0 Å². The van der Waals surface area contributed by atoms with Crippen LogP contribution in [0.3, 0.4) is 0 Å². The van der Waals surface area contributed by atoms with Crippen LogP contribution in [0.15, 0.2) is 0 Å². The first-order valence-corrected chi connectivity index (χ1v) is 7.19. The highest BCUT2D eigenvalue weighted by molar-refractivity contribution is 5.78. The van der Waals surface area contributed by atoms with Crippen molar-refractivity contribution in [2.24, 2.45) is 5.92 Å². The molecule has 1 aliphatic heterocycles. The maximum Gasteiger partial charge on any atom is 0.223 e. The van der Waals surface area contributed by atoms with E-state index in [9.17, 15) is 9.90 Å². The number of ether oxygens (including phenoxy) is 1. The fraction of sp³-hybridized carbons (Fsp3) is 0.929. The fourth-order valence-corrected chi connectivity index (χ4v) is 2.43. The van der Waals surface area contributed by atoms with Gasteiger partial charge in [-0.05, 0) is 12.8 Å². The first kappa shape index (κ1) is 15.4. The average Bonchev–Trinajstić information content (AvgIpc) is 2.37. The number of hydrogen-bond acceptors (Lipinski definition) is 3. The van der Waals surface area contributed by atoms with Gasteiger partial charge >= 0.3 is 0 Å². The highest BCUT2D eigenvalue weighted by Crippen LogP contribution is 2.20. The van der Waals surface area contributed by atoms with Gasteiger partial charge in [-0.15, -0.1) is 0 Å². The van der Waals surface area contributed by atoms with Crippen molar-refractivity contribution in [3.8, 4) is 0 Å². The molecule has 1 rings (SSSR count). The molecular formula is C14H27NO3. The Bertz CT molecular complexity index is 243. The van der Waals surface area contributed by atoms with E-state index in [1.807, 2.05) is 0 Å². The van der Waals surface area contributed by atoms with Crippen molar-refractivity contribution in [3.05, 3.63) is 0 Å². The normalized spacial score (nSPS) is 18.9. The molecule has 0 atom stereocenters. The Labute approximate surface area is 110 Å². The molecule has 0 unspecified atom stereocenters. The Morgan fingerprint density at radius 2 is 1.83 bits per heavy atom. The molecule has 0 saturated carbocycles. The van der Waals surface area contributed by atoms with Crippen molar-refractivity contribution in [2.75, 3.05) is 19.8 Å². The van der Waals surface area contributed by atoms with Crippen molar-refractivity contribution in [1.29, 1.82) is 0 Å². The van der Waals surface area contributed by atoms with Crippen molar-refractivity contribution in [1.82, 2.24) is 5.32 Å².